The lowest BCUT2D eigenvalue weighted by Gasteiger charge is -2.05. The van der Waals surface area contributed by atoms with Gasteiger partial charge in [-0.15, -0.1) is 11.3 Å². The van der Waals surface area contributed by atoms with Crippen molar-refractivity contribution in [2.24, 2.45) is 0 Å². The molecule has 0 bridgehead atoms. The Bertz CT molecular complexity index is 747. The topological polar surface area (TPSA) is 77.5 Å². The van der Waals surface area contributed by atoms with Crippen molar-refractivity contribution in [2.75, 3.05) is 13.7 Å². The van der Waals surface area contributed by atoms with E-state index in [0.717, 1.165) is 5.56 Å². The molecule has 124 valence electrons. The summed E-state index contributed by atoms with van der Waals surface area (Å²) >= 11 is 1.27. The molecule has 0 aliphatic rings. The van der Waals surface area contributed by atoms with Gasteiger partial charge in [0.15, 0.2) is 10.7 Å². The van der Waals surface area contributed by atoms with Crippen molar-refractivity contribution in [3.05, 3.63) is 52.0 Å². The van der Waals surface area contributed by atoms with Crippen LogP contribution in [0.1, 0.15) is 27.5 Å². The zero-order valence-electron chi connectivity index (χ0n) is 13.1. The molecule has 0 saturated heterocycles. The maximum absolute atomic E-state index is 11.5. The van der Waals surface area contributed by atoms with Crippen LogP contribution in [0.2, 0.25) is 0 Å². The molecular weight excluding hydrogens is 328 g/mol. The highest BCUT2D eigenvalue weighted by molar-refractivity contribution is 7.10. The van der Waals surface area contributed by atoms with Crippen molar-refractivity contribution >= 4 is 23.4 Å². The largest absolute Gasteiger partial charge is 0.464 e. The van der Waals surface area contributed by atoms with Crippen LogP contribution in [0.3, 0.4) is 0 Å². The molecule has 24 heavy (non-hydrogen) atoms. The number of rotatable bonds is 5. The molecule has 2 rings (SSSR count). The highest BCUT2D eigenvalue weighted by Crippen LogP contribution is 2.09. The first-order chi connectivity index (χ1) is 11.7. The van der Waals surface area contributed by atoms with Gasteiger partial charge in [-0.1, -0.05) is 36.3 Å². The number of carbonyl (C=O) groups excluding carboxylic acids is 2. The average Bonchev–Trinajstić information content (AvgIpc) is 3.09. The molecule has 2 aromatic rings. The number of benzene rings is 1. The van der Waals surface area contributed by atoms with Gasteiger partial charge in [0.25, 0.3) is 0 Å². The quantitative estimate of drug-likeness (QED) is 0.512. The standard InChI is InChI=1S/C17H16N2O4S/c1-22-16(20)14-12-24-15(19-14)9-5-6-10-18-17(21)23-11-13-7-3-2-4-8-13/h2-4,7-8,12H,6,10-11H2,1H3,(H,18,21). The van der Waals surface area contributed by atoms with Gasteiger partial charge in [-0.05, 0) is 11.5 Å². The molecule has 0 fully saturated rings. The molecule has 0 aliphatic heterocycles. The summed E-state index contributed by atoms with van der Waals surface area (Å²) in [6, 6.07) is 9.44. The van der Waals surface area contributed by atoms with Gasteiger partial charge in [-0.3, -0.25) is 0 Å². The molecule has 0 radical (unpaired) electrons. The second-order valence-electron chi connectivity index (χ2n) is 4.57. The summed E-state index contributed by atoms with van der Waals surface area (Å²) in [5.41, 5.74) is 1.17. The highest BCUT2D eigenvalue weighted by Gasteiger charge is 2.08. The van der Waals surface area contributed by atoms with E-state index in [2.05, 4.69) is 26.9 Å². The molecule has 0 aliphatic carbocycles. The van der Waals surface area contributed by atoms with Crippen LogP contribution in [0.4, 0.5) is 4.79 Å². The predicted octanol–water partition coefficient (Wildman–Crippen LogP) is 2.60. The van der Waals surface area contributed by atoms with E-state index in [0.29, 0.717) is 18.0 Å². The lowest BCUT2D eigenvalue weighted by atomic mass is 10.2. The van der Waals surface area contributed by atoms with Crippen LogP contribution in [0.15, 0.2) is 35.7 Å². The van der Waals surface area contributed by atoms with E-state index < -0.39 is 12.1 Å². The van der Waals surface area contributed by atoms with E-state index in [4.69, 9.17) is 4.74 Å². The van der Waals surface area contributed by atoms with Crippen LogP contribution in [-0.4, -0.2) is 30.7 Å². The van der Waals surface area contributed by atoms with Crippen LogP contribution < -0.4 is 5.32 Å². The highest BCUT2D eigenvalue weighted by atomic mass is 32.1. The van der Waals surface area contributed by atoms with Gasteiger partial charge < -0.3 is 14.8 Å². The van der Waals surface area contributed by atoms with E-state index in [9.17, 15) is 9.59 Å². The van der Waals surface area contributed by atoms with Crippen LogP contribution >= 0.6 is 11.3 Å². The van der Waals surface area contributed by atoms with Crippen LogP contribution in [0, 0.1) is 11.8 Å². The Labute approximate surface area is 143 Å². The number of ether oxygens (including phenoxy) is 2. The summed E-state index contributed by atoms with van der Waals surface area (Å²) < 4.78 is 9.64. The maximum Gasteiger partial charge on any atom is 0.407 e. The van der Waals surface area contributed by atoms with Crippen LogP contribution in [-0.2, 0) is 16.1 Å². The number of nitrogens with zero attached hydrogens (tertiary/aromatic N) is 1. The van der Waals surface area contributed by atoms with Gasteiger partial charge >= 0.3 is 12.1 Å². The van der Waals surface area contributed by atoms with E-state index in [1.165, 1.54) is 18.4 Å². The fraction of sp³-hybridized carbons (Fsp3) is 0.235. The van der Waals surface area contributed by atoms with Crippen molar-refractivity contribution in [2.45, 2.75) is 13.0 Å². The summed E-state index contributed by atoms with van der Waals surface area (Å²) in [6.45, 7) is 0.601. The number of carbonyl (C=O) groups is 2. The number of esters is 1. The number of aromatic nitrogens is 1. The first-order valence-corrected chi connectivity index (χ1v) is 8.04. The van der Waals surface area contributed by atoms with Gasteiger partial charge in [0.05, 0.1) is 7.11 Å². The summed E-state index contributed by atoms with van der Waals surface area (Å²) in [5.74, 6) is 5.23. The van der Waals surface area contributed by atoms with Crippen LogP contribution in [0.25, 0.3) is 0 Å². The van der Waals surface area contributed by atoms with E-state index >= 15 is 0 Å². The molecule has 0 unspecified atom stereocenters. The summed E-state index contributed by atoms with van der Waals surface area (Å²) in [5, 5.41) is 4.74. The summed E-state index contributed by atoms with van der Waals surface area (Å²) in [6.07, 6.45) is -0.0315. The first kappa shape index (κ1) is 17.5. The van der Waals surface area contributed by atoms with E-state index in [-0.39, 0.29) is 12.3 Å². The zero-order valence-corrected chi connectivity index (χ0v) is 13.9. The van der Waals surface area contributed by atoms with Gasteiger partial charge in [0.1, 0.15) is 6.61 Å². The Kier molecular flexibility index (Phi) is 6.80. The molecular formula is C17H16N2O4S. The normalized spacial score (nSPS) is 9.54. The SMILES string of the molecule is COC(=O)c1csc(C#CCCNC(=O)OCc2ccccc2)n1. The minimum absolute atomic E-state index is 0.230. The maximum atomic E-state index is 11.5. The van der Waals surface area contributed by atoms with Crippen molar-refractivity contribution in [1.82, 2.24) is 10.3 Å². The van der Waals surface area contributed by atoms with Gasteiger partial charge in [0, 0.05) is 18.3 Å². The molecule has 1 aromatic carbocycles. The third-order valence-corrected chi connectivity index (χ3v) is 3.58. The minimum atomic E-state index is -0.484. The Morgan fingerprint density at radius 1 is 1.29 bits per heavy atom. The molecule has 6 nitrogen and oxygen atoms in total. The zero-order chi connectivity index (χ0) is 17.2. The number of nitrogens with one attached hydrogen (secondary N) is 1. The lowest BCUT2D eigenvalue weighted by molar-refractivity contribution is 0.0595. The average molecular weight is 344 g/mol. The summed E-state index contributed by atoms with van der Waals surface area (Å²) in [4.78, 5) is 26.8. The van der Waals surface area contributed by atoms with Gasteiger partial charge in [0.2, 0.25) is 0 Å². The molecule has 1 heterocycles. The van der Waals surface area contributed by atoms with Crippen molar-refractivity contribution in [3.8, 4) is 11.8 Å². The molecule has 1 N–H and O–H groups in total. The second kappa shape index (κ2) is 9.33. The van der Waals surface area contributed by atoms with Crippen molar-refractivity contribution in [1.29, 1.82) is 0 Å². The Hall–Kier alpha value is -2.85. The number of hydrogen-bond donors (Lipinski definition) is 1. The lowest BCUT2D eigenvalue weighted by Crippen LogP contribution is -2.24. The fourth-order valence-corrected chi connectivity index (χ4v) is 2.32. The van der Waals surface area contributed by atoms with Gasteiger partial charge in [-0.25, -0.2) is 14.6 Å². The Balaban J connectivity index is 1.67. The Morgan fingerprint density at radius 2 is 2.08 bits per heavy atom. The summed E-state index contributed by atoms with van der Waals surface area (Å²) in [7, 11) is 1.30. The molecule has 0 atom stereocenters. The minimum Gasteiger partial charge on any atom is -0.464 e. The molecule has 1 amide bonds. The predicted molar refractivity (Wildman–Crippen MR) is 89.6 cm³/mol. The molecule has 0 spiro atoms. The third-order valence-electron chi connectivity index (χ3n) is 2.83. The number of amides is 1. The van der Waals surface area contributed by atoms with Gasteiger partial charge in [-0.2, -0.15) is 0 Å². The van der Waals surface area contributed by atoms with Crippen molar-refractivity contribution in [3.63, 3.8) is 0 Å². The monoisotopic (exact) mass is 344 g/mol. The number of hydrogen-bond acceptors (Lipinski definition) is 6. The van der Waals surface area contributed by atoms with Crippen molar-refractivity contribution < 1.29 is 19.1 Å². The molecule has 1 aromatic heterocycles. The van der Waals surface area contributed by atoms with E-state index in [1.807, 2.05) is 30.3 Å². The van der Waals surface area contributed by atoms with E-state index in [1.54, 1.807) is 5.38 Å². The number of methoxy groups -OCH3 is 1. The first-order valence-electron chi connectivity index (χ1n) is 7.16. The fourth-order valence-electron chi connectivity index (χ4n) is 1.67. The molecule has 7 heteroatoms. The number of thiazole rings is 1. The number of alkyl carbamates (subject to hydrolysis) is 1. The smallest absolute Gasteiger partial charge is 0.407 e. The third kappa shape index (κ3) is 5.74. The molecule has 0 saturated carbocycles. The Morgan fingerprint density at radius 3 is 2.83 bits per heavy atom. The second-order valence-corrected chi connectivity index (χ2v) is 5.43. The van der Waals surface area contributed by atoms with Crippen LogP contribution in [0.5, 0.6) is 0 Å².